The summed E-state index contributed by atoms with van der Waals surface area (Å²) in [5, 5.41) is 9.71. The molecule has 0 bridgehead atoms. The number of halogens is 1. The third-order valence-electron chi connectivity index (χ3n) is 2.98. The van der Waals surface area contributed by atoms with Gasteiger partial charge < -0.3 is 14.6 Å². The van der Waals surface area contributed by atoms with Crippen LogP contribution in [0.5, 0.6) is 11.5 Å². The minimum Gasteiger partial charge on any atom is -0.493 e. The zero-order chi connectivity index (χ0) is 16.2. The van der Waals surface area contributed by atoms with Crippen molar-refractivity contribution in [2.75, 3.05) is 20.8 Å². The molecule has 2 N–H and O–H groups in total. The quantitative estimate of drug-likeness (QED) is 0.751. The Balaban J connectivity index is 3.08. The van der Waals surface area contributed by atoms with Gasteiger partial charge in [0.05, 0.1) is 20.3 Å². The number of nitrogens with one attached hydrogen (secondary N) is 1. The van der Waals surface area contributed by atoms with Crippen LogP contribution in [0, 0.1) is 5.92 Å². The average molecular weight is 382 g/mol. The van der Waals surface area contributed by atoms with Crippen molar-refractivity contribution in [1.82, 2.24) is 4.72 Å². The smallest absolute Gasteiger partial charge is 0.241 e. The Morgan fingerprint density at radius 1 is 1.24 bits per heavy atom. The zero-order valence-corrected chi connectivity index (χ0v) is 14.8. The molecule has 0 fully saturated rings. The maximum absolute atomic E-state index is 12.3. The Morgan fingerprint density at radius 3 is 2.24 bits per heavy atom. The largest absolute Gasteiger partial charge is 0.493 e. The van der Waals surface area contributed by atoms with E-state index >= 15 is 0 Å². The van der Waals surface area contributed by atoms with Crippen molar-refractivity contribution in [2.45, 2.75) is 24.8 Å². The number of methoxy groups -OCH3 is 2. The Morgan fingerprint density at radius 2 is 1.76 bits per heavy atom. The van der Waals surface area contributed by atoms with Crippen LogP contribution in [-0.4, -0.2) is 40.4 Å². The summed E-state index contributed by atoms with van der Waals surface area (Å²) in [6.45, 7) is 3.57. The third kappa shape index (κ3) is 4.57. The van der Waals surface area contributed by atoms with Crippen LogP contribution in [-0.2, 0) is 10.0 Å². The number of aliphatic hydroxyl groups is 1. The number of aliphatic hydroxyl groups excluding tert-OH is 1. The second-order valence-corrected chi connectivity index (χ2v) is 7.39. The van der Waals surface area contributed by atoms with Gasteiger partial charge >= 0.3 is 0 Å². The number of ether oxygens (including phenoxy) is 2. The predicted octanol–water partition coefficient (Wildman–Crippen LogP) is 1.76. The van der Waals surface area contributed by atoms with Crippen molar-refractivity contribution in [1.29, 1.82) is 0 Å². The summed E-state index contributed by atoms with van der Waals surface area (Å²) < 4.78 is 37.5. The number of benzene rings is 1. The molecule has 0 spiro atoms. The van der Waals surface area contributed by atoms with Crippen LogP contribution < -0.4 is 14.2 Å². The highest BCUT2D eigenvalue weighted by Gasteiger charge is 2.22. The summed E-state index contributed by atoms with van der Waals surface area (Å²) in [5.74, 6) is 0.692. The summed E-state index contributed by atoms with van der Waals surface area (Å²) in [4.78, 5) is 0.0242. The lowest BCUT2D eigenvalue weighted by molar-refractivity contribution is 0.129. The van der Waals surface area contributed by atoms with E-state index in [4.69, 9.17) is 9.47 Å². The third-order valence-corrected chi connectivity index (χ3v) is 5.36. The molecule has 0 saturated heterocycles. The molecular weight excluding hydrogens is 362 g/mol. The molecule has 21 heavy (non-hydrogen) atoms. The van der Waals surface area contributed by atoms with Crippen LogP contribution in [0.3, 0.4) is 0 Å². The van der Waals surface area contributed by atoms with E-state index in [9.17, 15) is 13.5 Å². The van der Waals surface area contributed by atoms with Gasteiger partial charge in [-0.1, -0.05) is 13.8 Å². The molecule has 8 heteroatoms. The van der Waals surface area contributed by atoms with Crippen LogP contribution in [0.4, 0.5) is 0 Å². The first-order valence-electron chi connectivity index (χ1n) is 6.32. The fourth-order valence-electron chi connectivity index (χ4n) is 1.55. The van der Waals surface area contributed by atoms with Crippen molar-refractivity contribution >= 4 is 26.0 Å². The molecule has 0 amide bonds. The highest BCUT2D eigenvalue weighted by molar-refractivity contribution is 9.10. The first-order chi connectivity index (χ1) is 9.72. The Bertz CT molecular complexity index is 588. The summed E-state index contributed by atoms with van der Waals surface area (Å²) in [7, 11) is -0.873. The molecule has 0 heterocycles. The van der Waals surface area contributed by atoms with Gasteiger partial charge in [0.1, 0.15) is 4.90 Å². The molecule has 1 unspecified atom stereocenters. The number of hydrogen-bond acceptors (Lipinski definition) is 5. The van der Waals surface area contributed by atoms with E-state index in [1.54, 1.807) is 0 Å². The van der Waals surface area contributed by atoms with Gasteiger partial charge in [0.2, 0.25) is 10.0 Å². The first-order valence-corrected chi connectivity index (χ1v) is 8.59. The van der Waals surface area contributed by atoms with Crippen molar-refractivity contribution in [3.63, 3.8) is 0 Å². The molecular formula is C13H20BrNO5S. The Kier molecular flexibility index (Phi) is 6.45. The molecule has 0 radical (unpaired) electrons. The van der Waals surface area contributed by atoms with Crippen molar-refractivity contribution < 1.29 is 23.0 Å². The molecule has 0 aromatic heterocycles. The molecule has 1 rings (SSSR count). The topological polar surface area (TPSA) is 84.9 Å². The predicted molar refractivity (Wildman–Crippen MR) is 83.3 cm³/mol. The normalized spacial score (nSPS) is 13.3. The fraction of sp³-hybridized carbons (Fsp3) is 0.538. The molecule has 0 aliphatic rings. The van der Waals surface area contributed by atoms with Crippen LogP contribution in [0.25, 0.3) is 0 Å². The van der Waals surface area contributed by atoms with E-state index in [-0.39, 0.29) is 17.4 Å². The van der Waals surface area contributed by atoms with Crippen molar-refractivity contribution in [3.8, 4) is 11.5 Å². The fourth-order valence-corrected chi connectivity index (χ4v) is 3.64. The molecule has 0 aliphatic carbocycles. The van der Waals surface area contributed by atoms with Crippen LogP contribution in [0.1, 0.15) is 13.8 Å². The molecule has 120 valence electrons. The monoisotopic (exact) mass is 381 g/mol. The van der Waals surface area contributed by atoms with Gasteiger partial charge in [-0.05, 0) is 27.9 Å². The van der Waals surface area contributed by atoms with E-state index in [1.165, 1.54) is 26.4 Å². The maximum Gasteiger partial charge on any atom is 0.241 e. The summed E-state index contributed by atoms with van der Waals surface area (Å²) in [5.41, 5.74) is 0. The highest BCUT2D eigenvalue weighted by Crippen LogP contribution is 2.35. The summed E-state index contributed by atoms with van der Waals surface area (Å²) >= 11 is 3.21. The van der Waals surface area contributed by atoms with Crippen molar-refractivity contribution in [2.24, 2.45) is 5.92 Å². The summed E-state index contributed by atoms with van der Waals surface area (Å²) in [6, 6.07) is 2.89. The van der Waals surface area contributed by atoms with Crippen molar-refractivity contribution in [3.05, 3.63) is 16.6 Å². The van der Waals surface area contributed by atoms with E-state index in [2.05, 4.69) is 20.7 Å². The molecule has 1 aromatic carbocycles. The van der Waals surface area contributed by atoms with E-state index in [0.717, 1.165) is 0 Å². The molecule has 1 atom stereocenters. The number of rotatable bonds is 7. The van der Waals surface area contributed by atoms with E-state index in [1.807, 2.05) is 13.8 Å². The zero-order valence-electron chi connectivity index (χ0n) is 12.4. The standard InChI is InChI=1S/C13H20BrNO5S/c1-8(2)10(16)7-15-21(17,18)13-6-12(20-4)11(19-3)5-9(13)14/h5-6,8,10,15-16H,7H2,1-4H3. The maximum atomic E-state index is 12.3. The Labute approximate surface area is 133 Å². The second-order valence-electron chi connectivity index (χ2n) is 4.80. The molecule has 1 aromatic rings. The van der Waals surface area contributed by atoms with Crippen LogP contribution in [0.15, 0.2) is 21.5 Å². The van der Waals surface area contributed by atoms with Gasteiger partial charge in [0.15, 0.2) is 11.5 Å². The Hall–Kier alpha value is -0.830. The van der Waals surface area contributed by atoms with Gasteiger partial charge in [-0.3, -0.25) is 0 Å². The number of sulfonamides is 1. The van der Waals surface area contributed by atoms with Gasteiger partial charge in [0, 0.05) is 17.1 Å². The van der Waals surface area contributed by atoms with E-state index < -0.39 is 16.1 Å². The SMILES string of the molecule is COc1cc(Br)c(S(=O)(=O)NCC(O)C(C)C)cc1OC. The minimum absolute atomic E-state index is 0.0242. The lowest BCUT2D eigenvalue weighted by Gasteiger charge is -2.16. The van der Waals surface area contributed by atoms with Gasteiger partial charge in [0.25, 0.3) is 0 Å². The highest BCUT2D eigenvalue weighted by atomic mass is 79.9. The van der Waals surface area contributed by atoms with E-state index in [0.29, 0.717) is 16.0 Å². The van der Waals surface area contributed by atoms with Crippen LogP contribution >= 0.6 is 15.9 Å². The lowest BCUT2D eigenvalue weighted by atomic mass is 10.1. The number of hydrogen-bond donors (Lipinski definition) is 2. The average Bonchev–Trinajstić information content (AvgIpc) is 2.43. The van der Waals surface area contributed by atoms with Gasteiger partial charge in [-0.2, -0.15) is 0 Å². The van der Waals surface area contributed by atoms with Gasteiger partial charge in [-0.25, -0.2) is 13.1 Å². The van der Waals surface area contributed by atoms with Gasteiger partial charge in [-0.15, -0.1) is 0 Å². The molecule has 0 saturated carbocycles. The minimum atomic E-state index is -3.77. The summed E-state index contributed by atoms with van der Waals surface area (Å²) in [6.07, 6.45) is -0.751. The molecule has 6 nitrogen and oxygen atoms in total. The lowest BCUT2D eigenvalue weighted by Crippen LogP contribution is -2.34. The second kappa shape index (κ2) is 7.44. The van der Waals surface area contributed by atoms with Crippen LogP contribution in [0.2, 0.25) is 0 Å². The first kappa shape index (κ1) is 18.2. The molecule has 0 aliphatic heterocycles.